The summed E-state index contributed by atoms with van der Waals surface area (Å²) >= 11 is 0. The summed E-state index contributed by atoms with van der Waals surface area (Å²) in [5.41, 5.74) is 5.22. The van der Waals surface area contributed by atoms with Gasteiger partial charge in [-0.3, -0.25) is 4.98 Å². The average molecular weight is 574 g/mol. The first kappa shape index (κ1) is 45.9. The van der Waals surface area contributed by atoms with Gasteiger partial charge in [0.05, 0.1) is 0 Å². The van der Waals surface area contributed by atoms with Crippen molar-refractivity contribution in [3.05, 3.63) is 114 Å². The minimum Gasteiger partial charge on any atom is -0.263 e. The Kier molecular flexibility index (Phi) is 39.2. The second-order valence-electron chi connectivity index (χ2n) is 10.0. The molecule has 0 bridgehead atoms. The molecular formula is C41H67N. The highest BCUT2D eigenvalue weighted by molar-refractivity contribution is 5.41. The maximum Gasteiger partial charge on any atom is 0.0432 e. The number of allylic oxidation sites excluding steroid dienone is 1. The van der Waals surface area contributed by atoms with E-state index < -0.39 is 0 Å². The van der Waals surface area contributed by atoms with Gasteiger partial charge in [0.1, 0.15) is 0 Å². The van der Waals surface area contributed by atoms with Gasteiger partial charge in [0.15, 0.2) is 0 Å². The zero-order valence-electron chi connectivity index (χ0n) is 30.0. The lowest BCUT2D eigenvalue weighted by Crippen LogP contribution is -2.07. The Labute approximate surface area is 264 Å². The smallest absolute Gasteiger partial charge is 0.0432 e. The largest absolute Gasteiger partial charge is 0.263 e. The summed E-state index contributed by atoms with van der Waals surface area (Å²) in [5.74, 6) is 6.12. The fourth-order valence-electron chi connectivity index (χ4n) is 2.95. The molecule has 0 fully saturated rings. The lowest BCUT2D eigenvalue weighted by atomic mass is 9.86. The predicted molar refractivity (Wildman–Crippen MR) is 195 cm³/mol. The Morgan fingerprint density at radius 2 is 1.12 bits per heavy atom. The van der Waals surface area contributed by atoms with Crippen molar-refractivity contribution >= 4 is 0 Å². The van der Waals surface area contributed by atoms with Gasteiger partial charge < -0.3 is 0 Å². The minimum absolute atomic E-state index is 0.592. The highest BCUT2D eigenvalue weighted by Crippen LogP contribution is 2.25. The molecule has 0 aliphatic carbocycles. The molecule has 0 aliphatic rings. The van der Waals surface area contributed by atoms with Gasteiger partial charge in [-0.2, -0.15) is 0 Å². The fraction of sp³-hybridized carbons (Fsp3) is 0.488. The molecule has 1 heteroatoms. The summed E-state index contributed by atoms with van der Waals surface area (Å²) in [6.07, 6.45) is 13.3. The predicted octanol–water partition coefficient (Wildman–Crippen LogP) is 13.4. The zero-order chi connectivity index (χ0) is 33.1. The van der Waals surface area contributed by atoms with Crippen molar-refractivity contribution in [3.8, 4) is 11.8 Å². The third-order valence-electron chi connectivity index (χ3n) is 5.60. The van der Waals surface area contributed by atoms with Crippen molar-refractivity contribution in [2.45, 2.75) is 129 Å². The molecule has 0 aliphatic heterocycles. The third kappa shape index (κ3) is 34.9. The van der Waals surface area contributed by atoms with Crippen molar-refractivity contribution in [1.29, 1.82) is 0 Å². The number of hydrogen-bond acceptors (Lipinski definition) is 1. The summed E-state index contributed by atoms with van der Waals surface area (Å²) in [4.78, 5) is 3.99. The number of aromatic nitrogens is 1. The normalized spacial score (nSPS) is 8.60. The molecule has 2 aromatic carbocycles. The number of rotatable bonds is 5. The standard InChI is InChI=1S/C13H9N.C8H10.C8H18.C5H12.C3H6.2C2H6/c1-2-5-12(6-3-1)8-9-13-7-4-10-14-11-13;1-7-3-5-8(2)6-4-7;1-5-7-8(3,4)6-2;1-3-5-4-2;1-3-2;2*1-2/h1-7,10-11H;3-6H,1-2H3;5-7H2,1-4H3;3-5H2,1-2H3;3H,1H2,2H3;2*1-2H3. The maximum absolute atomic E-state index is 3.99. The van der Waals surface area contributed by atoms with E-state index in [4.69, 9.17) is 0 Å². The van der Waals surface area contributed by atoms with Crippen LogP contribution in [0.2, 0.25) is 0 Å². The van der Waals surface area contributed by atoms with Gasteiger partial charge in [0.25, 0.3) is 0 Å². The summed E-state index contributed by atoms with van der Waals surface area (Å²) in [5, 5.41) is 0. The Bertz CT molecular complexity index is 892. The van der Waals surface area contributed by atoms with E-state index in [-0.39, 0.29) is 0 Å². The van der Waals surface area contributed by atoms with E-state index in [1.54, 1.807) is 18.5 Å². The highest BCUT2D eigenvalue weighted by atomic mass is 14.6. The van der Waals surface area contributed by atoms with Crippen LogP contribution in [0.15, 0.2) is 91.8 Å². The molecule has 0 saturated carbocycles. The Hall–Kier alpha value is -3.11. The Morgan fingerprint density at radius 1 is 0.690 bits per heavy atom. The third-order valence-corrected chi connectivity index (χ3v) is 5.60. The van der Waals surface area contributed by atoms with Crippen LogP contribution in [0.25, 0.3) is 0 Å². The van der Waals surface area contributed by atoms with E-state index in [2.05, 4.69) is 103 Å². The molecule has 0 saturated heterocycles. The van der Waals surface area contributed by atoms with Gasteiger partial charge in [-0.1, -0.05) is 173 Å². The first-order valence-corrected chi connectivity index (χ1v) is 16.3. The quantitative estimate of drug-likeness (QED) is 0.218. The number of hydrogen-bond donors (Lipinski definition) is 0. The molecule has 1 heterocycles. The summed E-state index contributed by atoms with van der Waals surface area (Å²) in [6.45, 7) is 31.0. The topological polar surface area (TPSA) is 12.9 Å². The lowest BCUT2D eigenvalue weighted by Gasteiger charge is -2.20. The van der Waals surface area contributed by atoms with Crippen molar-refractivity contribution < 1.29 is 0 Å². The lowest BCUT2D eigenvalue weighted by molar-refractivity contribution is 0.319. The van der Waals surface area contributed by atoms with Crippen LogP contribution in [-0.2, 0) is 0 Å². The summed E-state index contributed by atoms with van der Waals surface area (Å²) in [6, 6.07) is 22.2. The number of aryl methyl sites for hydroxylation is 2. The first-order valence-electron chi connectivity index (χ1n) is 16.3. The van der Waals surface area contributed by atoms with Crippen LogP contribution in [0, 0.1) is 31.1 Å². The molecule has 1 aromatic heterocycles. The molecular weight excluding hydrogens is 506 g/mol. The van der Waals surface area contributed by atoms with Crippen LogP contribution in [0.3, 0.4) is 0 Å². The molecule has 3 aromatic rings. The van der Waals surface area contributed by atoms with Crippen LogP contribution in [0.5, 0.6) is 0 Å². The fourth-order valence-corrected chi connectivity index (χ4v) is 2.95. The van der Waals surface area contributed by atoms with Crippen molar-refractivity contribution in [2.24, 2.45) is 5.41 Å². The Morgan fingerprint density at radius 3 is 1.43 bits per heavy atom. The van der Waals surface area contributed by atoms with E-state index in [0.29, 0.717) is 5.41 Å². The van der Waals surface area contributed by atoms with Gasteiger partial charge in [-0.05, 0) is 56.9 Å². The van der Waals surface area contributed by atoms with Crippen LogP contribution in [0.1, 0.15) is 137 Å². The molecule has 0 atom stereocenters. The molecule has 0 spiro atoms. The van der Waals surface area contributed by atoms with E-state index in [1.165, 1.54) is 49.7 Å². The zero-order valence-corrected chi connectivity index (χ0v) is 30.0. The second-order valence-corrected chi connectivity index (χ2v) is 10.0. The number of pyridine rings is 1. The van der Waals surface area contributed by atoms with Crippen molar-refractivity contribution in [2.75, 3.05) is 0 Å². The van der Waals surface area contributed by atoms with Gasteiger partial charge in [-0.25, -0.2) is 0 Å². The molecule has 0 N–H and O–H groups in total. The van der Waals surface area contributed by atoms with Crippen LogP contribution < -0.4 is 0 Å². The van der Waals surface area contributed by atoms with E-state index in [0.717, 1.165) is 11.1 Å². The molecule has 3 rings (SSSR count). The number of unbranched alkanes of at least 4 members (excludes halogenated alkanes) is 2. The average Bonchev–Trinajstić information content (AvgIpc) is 3.02. The van der Waals surface area contributed by atoms with Crippen molar-refractivity contribution in [3.63, 3.8) is 0 Å². The van der Waals surface area contributed by atoms with Gasteiger partial charge in [0.2, 0.25) is 0 Å². The maximum atomic E-state index is 3.99. The molecule has 0 unspecified atom stereocenters. The molecule has 0 amide bonds. The first-order chi connectivity index (χ1) is 20.2. The summed E-state index contributed by atoms with van der Waals surface area (Å²) in [7, 11) is 0. The van der Waals surface area contributed by atoms with Crippen molar-refractivity contribution in [1.82, 2.24) is 4.98 Å². The van der Waals surface area contributed by atoms with Crippen LogP contribution >= 0.6 is 0 Å². The van der Waals surface area contributed by atoms with E-state index in [1.807, 2.05) is 77.1 Å². The van der Waals surface area contributed by atoms with Crippen LogP contribution in [-0.4, -0.2) is 4.98 Å². The summed E-state index contributed by atoms with van der Waals surface area (Å²) < 4.78 is 0. The monoisotopic (exact) mass is 574 g/mol. The van der Waals surface area contributed by atoms with Gasteiger partial charge in [-0.15, -0.1) is 6.58 Å². The van der Waals surface area contributed by atoms with Crippen LogP contribution in [0.4, 0.5) is 0 Å². The Balaban J connectivity index is -0.000000225. The van der Waals surface area contributed by atoms with E-state index in [9.17, 15) is 0 Å². The number of nitrogens with zero attached hydrogens (tertiary/aromatic N) is 1. The molecule has 0 radical (unpaired) electrons. The van der Waals surface area contributed by atoms with Gasteiger partial charge >= 0.3 is 0 Å². The molecule has 1 nitrogen and oxygen atoms in total. The minimum atomic E-state index is 0.592. The SMILES string of the molecule is C(#Cc1cccnc1)c1ccccc1.C=CC.CC.CC.CCCC(C)(C)CC.CCCCC.Cc1ccc(C)cc1. The molecule has 236 valence electrons. The molecule has 42 heavy (non-hydrogen) atoms. The number of benzene rings is 2. The van der Waals surface area contributed by atoms with E-state index >= 15 is 0 Å². The second kappa shape index (κ2) is 35.9. The van der Waals surface area contributed by atoms with Gasteiger partial charge in [0, 0.05) is 23.5 Å². The highest BCUT2D eigenvalue weighted by Gasteiger charge is 2.11.